The molecule has 0 N–H and O–H groups in total. The first kappa shape index (κ1) is 15.0. The molecule has 21 heavy (non-hydrogen) atoms. The van der Waals surface area contributed by atoms with Crippen molar-refractivity contribution in [1.82, 2.24) is 15.0 Å². The molecule has 110 valence electrons. The van der Waals surface area contributed by atoms with Crippen LogP contribution in [0.25, 0.3) is 0 Å². The molecule has 1 aromatic carbocycles. The Labute approximate surface area is 125 Å². The SMILES string of the molecule is CCCCCn1nnc(C#N)c1COc1ccc(C)cc1. The maximum atomic E-state index is 9.12. The summed E-state index contributed by atoms with van der Waals surface area (Å²) >= 11 is 0. The molecular formula is C16H20N4O. The average Bonchev–Trinajstić information content (AvgIpc) is 2.89. The summed E-state index contributed by atoms with van der Waals surface area (Å²) in [7, 11) is 0. The highest BCUT2D eigenvalue weighted by atomic mass is 16.5. The number of ether oxygens (including phenoxy) is 1. The molecular weight excluding hydrogens is 264 g/mol. The molecule has 0 unspecified atom stereocenters. The summed E-state index contributed by atoms with van der Waals surface area (Å²) in [5, 5.41) is 17.1. The third-order valence-corrected chi connectivity index (χ3v) is 3.31. The number of hydrogen-bond donors (Lipinski definition) is 0. The summed E-state index contributed by atoms with van der Waals surface area (Å²) in [6.07, 6.45) is 3.32. The first-order valence-electron chi connectivity index (χ1n) is 7.26. The Bertz CT molecular complexity index is 610. The van der Waals surface area contributed by atoms with Crippen molar-refractivity contribution in [3.63, 3.8) is 0 Å². The van der Waals surface area contributed by atoms with E-state index in [4.69, 9.17) is 10.00 Å². The van der Waals surface area contributed by atoms with Crippen LogP contribution in [0.15, 0.2) is 24.3 Å². The van der Waals surface area contributed by atoms with Gasteiger partial charge in [-0.2, -0.15) is 5.26 Å². The summed E-state index contributed by atoms with van der Waals surface area (Å²) < 4.78 is 7.52. The lowest BCUT2D eigenvalue weighted by molar-refractivity contribution is 0.290. The number of aryl methyl sites for hydroxylation is 2. The molecule has 5 nitrogen and oxygen atoms in total. The summed E-state index contributed by atoms with van der Waals surface area (Å²) in [5.74, 6) is 0.783. The van der Waals surface area contributed by atoms with Gasteiger partial charge in [-0.1, -0.05) is 42.7 Å². The van der Waals surface area contributed by atoms with Crippen molar-refractivity contribution in [2.45, 2.75) is 46.3 Å². The normalized spacial score (nSPS) is 10.3. The number of aromatic nitrogens is 3. The van der Waals surface area contributed by atoms with Gasteiger partial charge in [0.1, 0.15) is 24.1 Å². The van der Waals surface area contributed by atoms with Crippen molar-refractivity contribution in [2.75, 3.05) is 0 Å². The van der Waals surface area contributed by atoms with Crippen molar-refractivity contribution in [3.8, 4) is 11.8 Å². The van der Waals surface area contributed by atoms with Gasteiger partial charge in [0.2, 0.25) is 0 Å². The number of benzene rings is 1. The predicted octanol–water partition coefficient (Wildman–Crippen LogP) is 3.23. The van der Waals surface area contributed by atoms with Crippen molar-refractivity contribution >= 4 is 0 Å². The third kappa shape index (κ3) is 4.06. The van der Waals surface area contributed by atoms with Crippen LogP contribution in [0.1, 0.15) is 43.1 Å². The summed E-state index contributed by atoms with van der Waals surface area (Å²) in [4.78, 5) is 0. The standard InChI is InChI=1S/C16H20N4O/c1-3-4-5-10-20-16(15(11-17)18-19-20)12-21-14-8-6-13(2)7-9-14/h6-9H,3-5,10,12H2,1-2H3. The Kier molecular flexibility index (Phi) is 5.33. The Morgan fingerprint density at radius 3 is 2.67 bits per heavy atom. The number of rotatable bonds is 7. The molecule has 0 fully saturated rings. The average molecular weight is 284 g/mol. The van der Waals surface area contributed by atoms with E-state index in [2.05, 4.69) is 23.3 Å². The smallest absolute Gasteiger partial charge is 0.189 e. The van der Waals surface area contributed by atoms with Crippen LogP contribution >= 0.6 is 0 Å². The summed E-state index contributed by atoms with van der Waals surface area (Å²) in [5.41, 5.74) is 2.28. The molecule has 0 spiro atoms. The van der Waals surface area contributed by atoms with Crippen molar-refractivity contribution in [1.29, 1.82) is 5.26 Å². The van der Waals surface area contributed by atoms with Gasteiger partial charge < -0.3 is 4.74 Å². The zero-order valence-electron chi connectivity index (χ0n) is 12.5. The third-order valence-electron chi connectivity index (χ3n) is 3.31. The zero-order valence-corrected chi connectivity index (χ0v) is 12.5. The quantitative estimate of drug-likeness (QED) is 0.732. The van der Waals surface area contributed by atoms with Crippen LogP contribution in [0, 0.1) is 18.3 Å². The Hall–Kier alpha value is -2.35. The molecule has 0 atom stereocenters. The highest BCUT2D eigenvalue weighted by molar-refractivity contribution is 5.28. The maximum Gasteiger partial charge on any atom is 0.189 e. The maximum absolute atomic E-state index is 9.12. The minimum Gasteiger partial charge on any atom is -0.487 e. The zero-order chi connectivity index (χ0) is 15.1. The fourth-order valence-corrected chi connectivity index (χ4v) is 2.04. The van der Waals surface area contributed by atoms with E-state index in [-0.39, 0.29) is 0 Å². The lowest BCUT2D eigenvalue weighted by Crippen LogP contribution is -2.09. The highest BCUT2D eigenvalue weighted by Crippen LogP contribution is 2.15. The summed E-state index contributed by atoms with van der Waals surface area (Å²) in [6.45, 7) is 5.27. The second-order valence-corrected chi connectivity index (χ2v) is 5.03. The molecule has 1 aromatic heterocycles. The fourth-order valence-electron chi connectivity index (χ4n) is 2.04. The Balaban J connectivity index is 2.05. The van der Waals surface area contributed by atoms with Crippen molar-refractivity contribution < 1.29 is 4.74 Å². The molecule has 1 heterocycles. The van der Waals surface area contributed by atoms with Crippen LogP contribution in [0.2, 0.25) is 0 Å². The van der Waals surface area contributed by atoms with Crippen LogP contribution in [0.5, 0.6) is 5.75 Å². The van der Waals surface area contributed by atoms with Gasteiger partial charge in [0.15, 0.2) is 5.69 Å². The molecule has 0 aliphatic carbocycles. The molecule has 2 rings (SSSR count). The lowest BCUT2D eigenvalue weighted by Gasteiger charge is -2.08. The molecule has 0 radical (unpaired) electrons. The van der Waals surface area contributed by atoms with Crippen LogP contribution in [-0.4, -0.2) is 15.0 Å². The Morgan fingerprint density at radius 2 is 2.00 bits per heavy atom. The van der Waals surface area contributed by atoms with Gasteiger partial charge in [0.25, 0.3) is 0 Å². The van der Waals surface area contributed by atoms with Gasteiger partial charge in [-0.15, -0.1) is 5.10 Å². The molecule has 5 heteroatoms. The van der Waals surface area contributed by atoms with Gasteiger partial charge in [-0.3, -0.25) is 0 Å². The van der Waals surface area contributed by atoms with Crippen molar-refractivity contribution in [3.05, 3.63) is 41.2 Å². The second kappa shape index (κ2) is 7.44. The van der Waals surface area contributed by atoms with Gasteiger partial charge >= 0.3 is 0 Å². The fraction of sp³-hybridized carbons (Fsp3) is 0.438. The monoisotopic (exact) mass is 284 g/mol. The van der Waals surface area contributed by atoms with Gasteiger partial charge in [0.05, 0.1) is 0 Å². The number of unbranched alkanes of at least 4 members (excludes halogenated alkanes) is 2. The summed E-state index contributed by atoms with van der Waals surface area (Å²) in [6, 6.07) is 9.92. The van der Waals surface area contributed by atoms with Crippen LogP contribution < -0.4 is 4.74 Å². The highest BCUT2D eigenvalue weighted by Gasteiger charge is 2.13. The van der Waals surface area contributed by atoms with Gasteiger partial charge in [-0.05, 0) is 25.5 Å². The minimum atomic E-state index is 0.311. The Morgan fingerprint density at radius 1 is 1.24 bits per heavy atom. The second-order valence-electron chi connectivity index (χ2n) is 5.03. The molecule has 2 aromatic rings. The van der Waals surface area contributed by atoms with Crippen LogP contribution in [0.4, 0.5) is 0 Å². The number of hydrogen-bond acceptors (Lipinski definition) is 4. The van der Waals surface area contributed by atoms with Crippen LogP contribution in [0.3, 0.4) is 0 Å². The number of nitrogens with zero attached hydrogens (tertiary/aromatic N) is 4. The first-order chi connectivity index (χ1) is 10.2. The van der Waals surface area contributed by atoms with Gasteiger partial charge in [0, 0.05) is 6.54 Å². The minimum absolute atomic E-state index is 0.311. The van der Waals surface area contributed by atoms with E-state index >= 15 is 0 Å². The van der Waals surface area contributed by atoms with E-state index in [0.29, 0.717) is 12.3 Å². The molecule has 0 aliphatic rings. The molecule has 0 saturated carbocycles. The van der Waals surface area contributed by atoms with E-state index < -0.39 is 0 Å². The van der Waals surface area contributed by atoms with E-state index in [1.165, 1.54) is 5.56 Å². The molecule has 0 bridgehead atoms. The van der Waals surface area contributed by atoms with E-state index in [1.54, 1.807) is 4.68 Å². The lowest BCUT2D eigenvalue weighted by atomic mass is 10.2. The first-order valence-corrected chi connectivity index (χ1v) is 7.26. The molecule has 0 amide bonds. The largest absolute Gasteiger partial charge is 0.487 e. The predicted molar refractivity (Wildman–Crippen MR) is 79.8 cm³/mol. The molecule has 0 aliphatic heterocycles. The van der Waals surface area contributed by atoms with E-state index in [0.717, 1.165) is 37.3 Å². The topological polar surface area (TPSA) is 63.7 Å². The number of nitriles is 1. The molecule has 0 saturated heterocycles. The van der Waals surface area contributed by atoms with Crippen LogP contribution in [-0.2, 0) is 13.2 Å². The van der Waals surface area contributed by atoms with Crippen molar-refractivity contribution in [2.24, 2.45) is 0 Å². The van der Waals surface area contributed by atoms with E-state index in [9.17, 15) is 0 Å². The van der Waals surface area contributed by atoms with Gasteiger partial charge in [-0.25, -0.2) is 4.68 Å². The van der Waals surface area contributed by atoms with E-state index in [1.807, 2.05) is 31.2 Å².